The smallest absolute Gasteiger partial charge is 0.281 e. The van der Waals surface area contributed by atoms with Gasteiger partial charge in [-0.15, -0.1) is 0 Å². The van der Waals surface area contributed by atoms with Gasteiger partial charge in [0.25, 0.3) is 11.5 Å². The van der Waals surface area contributed by atoms with Crippen molar-refractivity contribution in [2.75, 3.05) is 18.5 Å². The molecule has 1 amide bonds. The number of carbonyl (C=O) groups excluding carboxylic acids is 1. The van der Waals surface area contributed by atoms with E-state index in [-0.39, 0.29) is 30.9 Å². The normalized spacial score (nSPS) is 16.2. The number of hydroxylamine groups is 2. The van der Waals surface area contributed by atoms with Gasteiger partial charge in [0.05, 0.1) is 24.5 Å². The zero-order chi connectivity index (χ0) is 20.4. The number of hydrogen-bond donors (Lipinski definition) is 2. The van der Waals surface area contributed by atoms with E-state index in [1.54, 1.807) is 20.0 Å². The summed E-state index contributed by atoms with van der Waals surface area (Å²) in [7, 11) is 1.58. The van der Waals surface area contributed by atoms with Crippen LogP contribution in [0.3, 0.4) is 0 Å². The van der Waals surface area contributed by atoms with Crippen molar-refractivity contribution in [1.82, 2.24) is 9.63 Å². The summed E-state index contributed by atoms with van der Waals surface area (Å²) in [4.78, 5) is 30.7. The first-order valence-electron chi connectivity index (χ1n) is 9.18. The number of anilines is 1. The number of amides is 1. The van der Waals surface area contributed by atoms with Crippen molar-refractivity contribution in [3.05, 3.63) is 62.8 Å². The predicted octanol–water partition coefficient (Wildman–Crippen LogP) is 1.76. The van der Waals surface area contributed by atoms with Crippen LogP contribution < -0.4 is 10.9 Å². The van der Waals surface area contributed by atoms with Crippen molar-refractivity contribution in [2.24, 2.45) is 7.05 Å². The van der Waals surface area contributed by atoms with Gasteiger partial charge in [-0.05, 0) is 36.6 Å². The van der Waals surface area contributed by atoms with Crippen LogP contribution in [-0.4, -0.2) is 40.0 Å². The number of aromatic nitrogens is 1. The lowest BCUT2D eigenvalue weighted by atomic mass is 9.95. The highest BCUT2D eigenvalue weighted by Crippen LogP contribution is 2.27. The first-order valence-corrected chi connectivity index (χ1v) is 9.18. The summed E-state index contributed by atoms with van der Waals surface area (Å²) in [5, 5.41) is 13.2. The molecule has 1 aromatic carbocycles. The molecule has 0 bridgehead atoms. The molecule has 2 aromatic rings. The molecule has 28 heavy (non-hydrogen) atoms. The van der Waals surface area contributed by atoms with Gasteiger partial charge in [0.15, 0.2) is 0 Å². The van der Waals surface area contributed by atoms with Crippen LogP contribution in [-0.2, 0) is 24.7 Å². The van der Waals surface area contributed by atoms with Crippen molar-refractivity contribution in [1.29, 1.82) is 0 Å². The van der Waals surface area contributed by atoms with Crippen LogP contribution in [0.25, 0.3) is 0 Å². The number of nitrogens with one attached hydrogen (secondary N) is 1. The summed E-state index contributed by atoms with van der Waals surface area (Å²) in [5.41, 5.74) is 2.35. The van der Waals surface area contributed by atoms with Crippen LogP contribution >= 0.6 is 0 Å². The lowest BCUT2D eigenvalue weighted by molar-refractivity contribution is -0.152. The number of aryl methyl sites for hydroxylation is 2. The van der Waals surface area contributed by atoms with Crippen molar-refractivity contribution >= 4 is 11.6 Å². The molecule has 0 aliphatic carbocycles. The molecule has 1 aliphatic rings. The van der Waals surface area contributed by atoms with Gasteiger partial charge in [-0.1, -0.05) is 13.0 Å². The Labute approximate surface area is 162 Å². The number of hydrogen-bond acceptors (Lipinski definition) is 5. The van der Waals surface area contributed by atoms with E-state index >= 15 is 0 Å². The Morgan fingerprint density at radius 3 is 2.75 bits per heavy atom. The number of pyridine rings is 1. The lowest BCUT2D eigenvalue weighted by Crippen LogP contribution is -2.51. The second-order valence-corrected chi connectivity index (χ2v) is 6.78. The number of aliphatic hydroxyl groups excluding tert-OH is 1. The van der Waals surface area contributed by atoms with E-state index in [1.807, 2.05) is 13.0 Å². The first kappa shape index (κ1) is 20.0. The van der Waals surface area contributed by atoms with Crippen molar-refractivity contribution in [3.8, 4) is 0 Å². The minimum Gasteiger partial charge on any atom is -0.394 e. The Balaban J connectivity index is 2.00. The second kappa shape index (κ2) is 8.12. The molecule has 150 valence electrons. The van der Waals surface area contributed by atoms with Crippen LogP contribution in [0, 0.1) is 12.7 Å². The minimum absolute atomic E-state index is 0.0821. The second-order valence-electron chi connectivity index (χ2n) is 6.78. The third kappa shape index (κ3) is 3.65. The van der Waals surface area contributed by atoms with Gasteiger partial charge in [-0.3, -0.25) is 14.4 Å². The predicted molar refractivity (Wildman–Crippen MR) is 103 cm³/mol. The molecule has 7 nitrogen and oxygen atoms in total. The van der Waals surface area contributed by atoms with Crippen LogP contribution in [0.15, 0.2) is 29.2 Å². The van der Waals surface area contributed by atoms with Crippen molar-refractivity contribution < 1.29 is 19.1 Å². The van der Waals surface area contributed by atoms with Gasteiger partial charge in [0.1, 0.15) is 12.0 Å². The molecule has 1 aliphatic heterocycles. The Morgan fingerprint density at radius 1 is 1.36 bits per heavy atom. The molecule has 0 saturated carbocycles. The third-order valence-corrected chi connectivity index (χ3v) is 4.94. The lowest BCUT2D eigenvalue weighted by Gasteiger charge is -2.36. The number of nitrogens with zero attached hydrogens (tertiary/aromatic N) is 2. The van der Waals surface area contributed by atoms with Crippen LogP contribution in [0.1, 0.15) is 34.0 Å². The molecule has 3 rings (SSSR count). The highest BCUT2D eigenvalue weighted by atomic mass is 19.1. The van der Waals surface area contributed by atoms with Crippen LogP contribution in [0.5, 0.6) is 0 Å². The topological polar surface area (TPSA) is 83.8 Å². The molecular weight excluding hydrogens is 365 g/mol. The molecule has 8 heteroatoms. The van der Waals surface area contributed by atoms with E-state index in [0.29, 0.717) is 23.1 Å². The molecule has 0 spiro atoms. The summed E-state index contributed by atoms with van der Waals surface area (Å²) >= 11 is 0. The highest BCUT2D eigenvalue weighted by Gasteiger charge is 2.36. The van der Waals surface area contributed by atoms with Crippen LogP contribution in [0.2, 0.25) is 0 Å². The molecule has 2 N–H and O–H groups in total. The third-order valence-electron chi connectivity index (χ3n) is 4.94. The largest absolute Gasteiger partial charge is 0.394 e. The van der Waals surface area contributed by atoms with E-state index in [9.17, 15) is 14.0 Å². The van der Waals surface area contributed by atoms with Gasteiger partial charge in [-0.2, -0.15) is 5.06 Å². The fourth-order valence-corrected chi connectivity index (χ4v) is 3.38. The summed E-state index contributed by atoms with van der Waals surface area (Å²) < 4.78 is 15.8. The van der Waals surface area contributed by atoms with Gasteiger partial charge < -0.3 is 15.0 Å². The number of rotatable bonds is 6. The number of aliphatic hydroxyl groups is 1. The Kier molecular flexibility index (Phi) is 5.81. The maximum absolute atomic E-state index is 14.5. The summed E-state index contributed by atoms with van der Waals surface area (Å²) in [6.07, 6.45) is 1.73. The maximum Gasteiger partial charge on any atom is 0.281 e. The first-order chi connectivity index (χ1) is 13.4. The Hall–Kier alpha value is -2.71. The van der Waals surface area contributed by atoms with Crippen molar-refractivity contribution in [2.45, 2.75) is 32.9 Å². The molecule has 2 heterocycles. The average molecular weight is 389 g/mol. The summed E-state index contributed by atoms with van der Waals surface area (Å²) in [5.74, 6) is -0.878. The molecule has 1 atom stereocenters. The number of carbonyl (C=O) groups is 1. The zero-order valence-corrected chi connectivity index (χ0v) is 16.2. The van der Waals surface area contributed by atoms with E-state index in [2.05, 4.69) is 5.32 Å². The monoisotopic (exact) mass is 389 g/mol. The standard InChI is InChI=1S/C20H24FN3O4/c1-4-13-5-6-17(16(21)9-13)22-18-10-14-12(2)19(26)23(3)11-15(14)20(27)24(18)28-8-7-25/h5-6,9,11,18,22,25H,4,7-8,10H2,1-3H3. The van der Waals surface area contributed by atoms with Gasteiger partial charge in [0, 0.05) is 25.2 Å². The highest BCUT2D eigenvalue weighted by molar-refractivity contribution is 5.96. The molecule has 0 radical (unpaired) electrons. The summed E-state index contributed by atoms with van der Waals surface area (Å²) in [6.45, 7) is 3.26. The Bertz CT molecular complexity index is 957. The van der Waals surface area contributed by atoms with E-state index in [1.165, 1.54) is 16.8 Å². The van der Waals surface area contributed by atoms with Gasteiger partial charge in [0.2, 0.25) is 0 Å². The van der Waals surface area contributed by atoms with Crippen molar-refractivity contribution in [3.63, 3.8) is 0 Å². The SMILES string of the molecule is CCc1ccc(NC2Cc3c(cn(C)c(=O)c3C)C(=O)N2OCCO)c(F)c1. The fraction of sp³-hybridized carbons (Fsp3) is 0.400. The number of fused-ring (bicyclic) bond motifs is 1. The zero-order valence-electron chi connectivity index (χ0n) is 16.2. The average Bonchev–Trinajstić information content (AvgIpc) is 2.68. The molecular formula is C20H24FN3O4. The summed E-state index contributed by atoms with van der Waals surface area (Å²) in [6, 6.07) is 4.88. The van der Waals surface area contributed by atoms with Gasteiger partial charge in [-0.25, -0.2) is 4.39 Å². The molecule has 1 aromatic heterocycles. The minimum atomic E-state index is -0.723. The number of benzene rings is 1. The maximum atomic E-state index is 14.5. The van der Waals surface area contributed by atoms with Crippen LogP contribution in [0.4, 0.5) is 10.1 Å². The fourth-order valence-electron chi connectivity index (χ4n) is 3.38. The quantitative estimate of drug-likeness (QED) is 0.787. The van der Waals surface area contributed by atoms with E-state index in [4.69, 9.17) is 9.94 Å². The molecule has 0 saturated heterocycles. The van der Waals surface area contributed by atoms with Gasteiger partial charge >= 0.3 is 0 Å². The number of halogens is 1. The van der Waals surface area contributed by atoms with E-state index < -0.39 is 17.9 Å². The molecule has 1 unspecified atom stereocenters. The van der Waals surface area contributed by atoms with E-state index in [0.717, 1.165) is 10.6 Å². The Morgan fingerprint density at radius 2 is 2.11 bits per heavy atom. The molecule has 0 fully saturated rings.